The summed E-state index contributed by atoms with van der Waals surface area (Å²) in [5.41, 5.74) is 1.88. The number of nitrogens with zero attached hydrogens (tertiary/aromatic N) is 2. The Morgan fingerprint density at radius 2 is 1.96 bits per heavy atom. The van der Waals surface area contributed by atoms with E-state index in [0.717, 1.165) is 32.8 Å². The predicted octanol–water partition coefficient (Wildman–Crippen LogP) is 4.82. The highest BCUT2D eigenvalue weighted by Gasteiger charge is 2.14. The lowest BCUT2D eigenvalue weighted by molar-refractivity contribution is 0.174. The van der Waals surface area contributed by atoms with E-state index in [1.54, 1.807) is 28.6 Å². The Morgan fingerprint density at radius 1 is 1.17 bits per heavy atom. The minimum atomic E-state index is -0.280. The molecule has 0 radical (unpaired) electrons. The van der Waals surface area contributed by atoms with Gasteiger partial charge in [0.25, 0.3) is 0 Å². The highest BCUT2D eigenvalue weighted by Crippen LogP contribution is 2.35. The van der Waals surface area contributed by atoms with Crippen molar-refractivity contribution in [3.05, 3.63) is 57.8 Å². The standard InChI is InChI=1S/C16H11FN2O2S3/c17-11-2-4-12(5-3-11)19-16(22)24-15(18-19)23-8-10-1-6-13-14(7-10)21-9-20-13/h1-7H,8-9H2. The monoisotopic (exact) mass is 378 g/mol. The van der Waals surface area contributed by atoms with Gasteiger partial charge >= 0.3 is 0 Å². The average molecular weight is 378 g/mol. The van der Waals surface area contributed by atoms with Gasteiger partial charge in [-0.1, -0.05) is 29.2 Å². The van der Waals surface area contributed by atoms with Gasteiger partial charge < -0.3 is 9.47 Å². The van der Waals surface area contributed by atoms with Crippen molar-refractivity contribution in [1.82, 2.24) is 9.78 Å². The van der Waals surface area contributed by atoms with Crippen LogP contribution in [0.5, 0.6) is 11.5 Å². The number of hydrogen-bond acceptors (Lipinski definition) is 6. The molecule has 0 saturated carbocycles. The van der Waals surface area contributed by atoms with E-state index in [1.807, 2.05) is 18.2 Å². The molecular weight excluding hydrogens is 367 g/mol. The van der Waals surface area contributed by atoms with Gasteiger partial charge in [-0.05, 0) is 54.2 Å². The first-order valence-corrected chi connectivity index (χ1v) is 9.27. The molecular formula is C16H11FN2O2S3. The zero-order valence-corrected chi connectivity index (χ0v) is 14.7. The van der Waals surface area contributed by atoms with Crippen molar-refractivity contribution in [2.24, 2.45) is 0 Å². The number of aromatic nitrogens is 2. The topological polar surface area (TPSA) is 36.3 Å². The average Bonchev–Trinajstić information content (AvgIpc) is 3.19. The fourth-order valence-corrected chi connectivity index (χ4v) is 4.54. The van der Waals surface area contributed by atoms with Crippen LogP contribution >= 0.6 is 35.3 Å². The third kappa shape index (κ3) is 3.17. The van der Waals surface area contributed by atoms with E-state index in [4.69, 9.17) is 21.7 Å². The second-order valence-corrected chi connectivity index (χ2v) is 7.84. The van der Waals surface area contributed by atoms with Gasteiger partial charge in [0.1, 0.15) is 5.82 Å². The Balaban J connectivity index is 1.50. The van der Waals surface area contributed by atoms with E-state index in [9.17, 15) is 4.39 Å². The molecule has 0 saturated heterocycles. The first-order valence-electron chi connectivity index (χ1n) is 7.06. The van der Waals surface area contributed by atoms with Crippen LogP contribution in [0.2, 0.25) is 0 Å². The summed E-state index contributed by atoms with van der Waals surface area (Å²) in [7, 11) is 0. The second kappa shape index (κ2) is 6.54. The van der Waals surface area contributed by atoms with Crippen molar-refractivity contribution in [2.45, 2.75) is 10.1 Å². The molecule has 2 aromatic carbocycles. The fourth-order valence-electron chi connectivity index (χ4n) is 2.24. The summed E-state index contributed by atoms with van der Waals surface area (Å²) in [6.45, 7) is 0.273. The molecule has 24 heavy (non-hydrogen) atoms. The van der Waals surface area contributed by atoms with Crippen molar-refractivity contribution in [3.8, 4) is 17.2 Å². The van der Waals surface area contributed by atoms with Gasteiger partial charge in [0.05, 0.1) is 5.69 Å². The highest BCUT2D eigenvalue weighted by molar-refractivity contribution is 8.00. The molecule has 1 aromatic heterocycles. The number of halogens is 1. The highest BCUT2D eigenvalue weighted by atomic mass is 32.2. The van der Waals surface area contributed by atoms with Crippen LogP contribution in [-0.2, 0) is 5.75 Å². The summed E-state index contributed by atoms with van der Waals surface area (Å²) in [6.07, 6.45) is 0. The van der Waals surface area contributed by atoms with Crippen LogP contribution in [-0.4, -0.2) is 16.6 Å². The Hall–Kier alpha value is -1.90. The van der Waals surface area contributed by atoms with Crippen molar-refractivity contribution in [1.29, 1.82) is 0 Å². The van der Waals surface area contributed by atoms with E-state index < -0.39 is 0 Å². The van der Waals surface area contributed by atoms with Crippen LogP contribution in [0.25, 0.3) is 5.69 Å². The first kappa shape index (κ1) is 15.6. The molecule has 0 unspecified atom stereocenters. The van der Waals surface area contributed by atoms with Crippen LogP contribution in [0.4, 0.5) is 4.39 Å². The summed E-state index contributed by atoms with van der Waals surface area (Å²) < 4.78 is 26.9. The number of benzene rings is 2. The lowest BCUT2D eigenvalue weighted by Gasteiger charge is -2.02. The summed E-state index contributed by atoms with van der Waals surface area (Å²) in [5.74, 6) is 2.03. The lowest BCUT2D eigenvalue weighted by Crippen LogP contribution is -1.96. The molecule has 2 heterocycles. The third-order valence-electron chi connectivity index (χ3n) is 3.40. The number of fused-ring (bicyclic) bond motifs is 1. The van der Waals surface area contributed by atoms with E-state index in [1.165, 1.54) is 23.5 Å². The molecule has 1 aliphatic heterocycles. The Labute approximate surface area is 150 Å². The predicted molar refractivity (Wildman–Crippen MR) is 94.4 cm³/mol. The molecule has 3 aromatic rings. The summed E-state index contributed by atoms with van der Waals surface area (Å²) >= 11 is 8.40. The maximum absolute atomic E-state index is 13.0. The van der Waals surface area contributed by atoms with Crippen molar-refractivity contribution in [3.63, 3.8) is 0 Å². The Kier molecular flexibility index (Phi) is 4.26. The molecule has 0 N–H and O–H groups in total. The van der Waals surface area contributed by atoms with Crippen LogP contribution in [0.1, 0.15) is 5.56 Å². The zero-order valence-electron chi connectivity index (χ0n) is 12.3. The van der Waals surface area contributed by atoms with E-state index >= 15 is 0 Å². The minimum Gasteiger partial charge on any atom is -0.454 e. The molecule has 0 bridgehead atoms. The van der Waals surface area contributed by atoms with Gasteiger partial charge in [0, 0.05) is 5.75 Å². The quantitative estimate of drug-likeness (QED) is 0.480. The van der Waals surface area contributed by atoms with Gasteiger partial charge in [0.2, 0.25) is 6.79 Å². The number of ether oxygens (including phenoxy) is 2. The van der Waals surface area contributed by atoms with E-state index in [-0.39, 0.29) is 12.6 Å². The first-order chi connectivity index (χ1) is 11.7. The molecule has 4 nitrogen and oxygen atoms in total. The summed E-state index contributed by atoms with van der Waals surface area (Å²) in [4.78, 5) is 0. The van der Waals surface area contributed by atoms with Gasteiger partial charge in [-0.3, -0.25) is 0 Å². The van der Waals surface area contributed by atoms with Gasteiger partial charge in [-0.2, -0.15) is 0 Å². The molecule has 0 spiro atoms. The SMILES string of the molecule is Fc1ccc(-n2nc(SCc3ccc4c(c3)OCO4)sc2=S)cc1. The van der Waals surface area contributed by atoms with Gasteiger partial charge in [-0.25, -0.2) is 9.07 Å². The Morgan fingerprint density at radius 3 is 2.79 bits per heavy atom. The summed E-state index contributed by atoms with van der Waals surface area (Å²) in [5, 5.41) is 4.51. The van der Waals surface area contributed by atoms with Crippen molar-refractivity contribution in [2.75, 3.05) is 6.79 Å². The minimum absolute atomic E-state index is 0.273. The third-order valence-corrected chi connectivity index (χ3v) is 5.84. The Bertz CT molecular complexity index is 937. The number of thioether (sulfide) groups is 1. The van der Waals surface area contributed by atoms with Crippen LogP contribution < -0.4 is 9.47 Å². The number of rotatable bonds is 4. The number of hydrogen-bond donors (Lipinski definition) is 0. The summed E-state index contributed by atoms with van der Waals surface area (Å²) in [6, 6.07) is 12.0. The lowest BCUT2D eigenvalue weighted by atomic mass is 10.2. The van der Waals surface area contributed by atoms with Crippen molar-refractivity contribution < 1.29 is 13.9 Å². The largest absolute Gasteiger partial charge is 0.454 e. The molecule has 8 heteroatoms. The van der Waals surface area contributed by atoms with Crippen LogP contribution in [0, 0.1) is 9.77 Å². The molecule has 0 fully saturated rings. The van der Waals surface area contributed by atoms with Crippen molar-refractivity contribution >= 4 is 35.3 Å². The molecule has 122 valence electrons. The second-order valence-electron chi connectivity index (χ2n) is 5.00. The zero-order chi connectivity index (χ0) is 16.5. The van der Waals surface area contributed by atoms with Gasteiger partial charge in [-0.15, -0.1) is 5.10 Å². The maximum Gasteiger partial charge on any atom is 0.231 e. The van der Waals surface area contributed by atoms with E-state index in [0.29, 0.717) is 3.95 Å². The molecule has 0 atom stereocenters. The molecule has 4 rings (SSSR count). The molecule has 0 amide bonds. The molecule has 1 aliphatic rings. The van der Waals surface area contributed by atoms with E-state index in [2.05, 4.69) is 5.10 Å². The normalized spacial score (nSPS) is 12.5. The van der Waals surface area contributed by atoms with Gasteiger partial charge in [0.15, 0.2) is 19.8 Å². The smallest absolute Gasteiger partial charge is 0.231 e. The fraction of sp³-hybridized carbons (Fsp3) is 0.125. The molecule has 0 aliphatic carbocycles. The van der Waals surface area contributed by atoms with Crippen LogP contribution in [0.15, 0.2) is 46.8 Å². The maximum atomic E-state index is 13.0. The van der Waals surface area contributed by atoms with Crippen LogP contribution in [0.3, 0.4) is 0 Å².